The van der Waals surface area contributed by atoms with Gasteiger partial charge in [0.2, 0.25) is 0 Å². The van der Waals surface area contributed by atoms with E-state index in [1.165, 1.54) is 10.8 Å². The van der Waals surface area contributed by atoms with Gasteiger partial charge in [-0.15, -0.1) is 0 Å². The summed E-state index contributed by atoms with van der Waals surface area (Å²) in [5, 5.41) is 5.10. The summed E-state index contributed by atoms with van der Waals surface area (Å²) in [6.07, 6.45) is 0. The summed E-state index contributed by atoms with van der Waals surface area (Å²) in [5.41, 5.74) is 10.1. The van der Waals surface area contributed by atoms with Crippen LogP contribution in [0.25, 0.3) is 77.1 Å². The van der Waals surface area contributed by atoms with Gasteiger partial charge in [-0.2, -0.15) is 0 Å². The average molecular weight is 722 g/mol. The van der Waals surface area contributed by atoms with Crippen molar-refractivity contribution < 1.29 is 0 Å². The van der Waals surface area contributed by atoms with Crippen molar-refractivity contribution in [3.63, 3.8) is 0 Å². The summed E-state index contributed by atoms with van der Waals surface area (Å²) in [6, 6.07) is 60.0. The molecule has 6 heteroatoms. The number of hydrogen-bond donors (Lipinski definition) is 1. The predicted octanol–water partition coefficient (Wildman–Crippen LogP) is 11.8. The number of rotatable bonds is 6. The Morgan fingerprint density at radius 1 is 0.554 bits per heavy atom. The summed E-state index contributed by atoms with van der Waals surface area (Å²) in [6.45, 7) is 6.46. The van der Waals surface area contributed by atoms with Crippen LogP contribution in [0, 0.1) is 0 Å². The van der Waals surface area contributed by atoms with Crippen molar-refractivity contribution in [3.05, 3.63) is 204 Å². The van der Waals surface area contributed by atoms with E-state index in [0.29, 0.717) is 17.2 Å². The Balaban J connectivity index is 1.19. The van der Waals surface area contributed by atoms with Crippen LogP contribution < -0.4 is 5.56 Å². The summed E-state index contributed by atoms with van der Waals surface area (Å²) >= 11 is 0. The van der Waals surface area contributed by atoms with Crippen LogP contribution >= 0.6 is 0 Å². The van der Waals surface area contributed by atoms with Crippen molar-refractivity contribution in [1.82, 2.24) is 14.1 Å². The van der Waals surface area contributed by atoms with E-state index in [4.69, 9.17) is 9.98 Å². The molecule has 0 saturated heterocycles. The zero-order valence-electron chi connectivity index (χ0n) is 30.6. The van der Waals surface area contributed by atoms with Crippen molar-refractivity contribution >= 4 is 71.9 Å². The lowest BCUT2D eigenvalue weighted by atomic mass is 10.00. The van der Waals surface area contributed by atoms with E-state index in [1.54, 1.807) is 0 Å². The van der Waals surface area contributed by atoms with Crippen LogP contribution in [-0.4, -0.2) is 25.7 Å². The number of aromatic nitrogens is 3. The third kappa shape index (κ3) is 5.46. The summed E-state index contributed by atoms with van der Waals surface area (Å²) in [7, 11) is 0. The summed E-state index contributed by atoms with van der Waals surface area (Å²) in [5.74, 6) is 0.890. The molecule has 0 amide bonds. The Morgan fingerprint density at radius 3 is 1.86 bits per heavy atom. The molecule has 3 heterocycles. The zero-order chi connectivity index (χ0) is 37.8. The van der Waals surface area contributed by atoms with Gasteiger partial charge in [0.05, 0.1) is 16.6 Å². The van der Waals surface area contributed by atoms with Crippen LogP contribution in [0.5, 0.6) is 0 Å². The molecule has 0 radical (unpaired) electrons. The normalized spacial score (nSPS) is 12.4. The van der Waals surface area contributed by atoms with Crippen LogP contribution in [0.4, 0.5) is 0 Å². The molecule has 0 aliphatic rings. The lowest BCUT2D eigenvalue weighted by molar-refractivity contribution is 1.15. The Kier molecular flexibility index (Phi) is 7.89. The molecular weight excluding hydrogens is 687 g/mol. The number of pyridine rings is 1. The molecule has 1 N–H and O–H groups in total. The molecule has 0 aliphatic carbocycles. The van der Waals surface area contributed by atoms with Crippen LogP contribution in [0.2, 0.25) is 0 Å². The van der Waals surface area contributed by atoms with Gasteiger partial charge in [0.25, 0.3) is 5.56 Å². The standard InChI is InChI=1S/C50H35N5O/c1-32(34-16-6-3-7-17-34)51-49(35-18-8-4-9-19-35)52-33(2)54-46-29-27-37(31-42(46)47-40-23-12-14-24-43(40)53-50(56)48(47)54)36-26-28-45-41(30-36)39-22-13-15-25-44(39)55(45)38-20-10-5-11-21-38/h3-31H,2H2,1H3,(H,53,56)/b51-32?,52-49-. The number of para-hydroxylation sites is 3. The molecule has 10 rings (SSSR count). The highest BCUT2D eigenvalue weighted by molar-refractivity contribution is 6.22. The molecule has 0 bridgehead atoms. The first-order chi connectivity index (χ1) is 27.5. The molecule has 0 spiro atoms. The Labute approximate surface area is 322 Å². The predicted molar refractivity (Wildman–Crippen MR) is 234 cm³/mol. The monoisotopic (exact) mass is 721 g/mol. The third-order valence-corrected chi connectivity index (χ3v) is 10.6. The maximum Gasteiger partial charge on any atom is 0.273 e. The minimum absolute atomic E-state index is 0.215. The van der Waals surface area contributed by atoms with Crippen LogP contribution in [0.3, 0.4) is 0 Å². The van der Waals surface area contributed by atoms with E-state index in [-0.39, 0.29) is 5.56 Å². The maximum absolute atomic E-state index is 14.2. The van der Waals surface area contributed by atoms with Gasteiger partial charge < -0.3 is 9.55 Å². The molecule has 3 aromatic heterocycles. The second-order valence-electron chi connectivity index (χ2n) is 14.0. The van der Waals surface area contributed by atoms with Crippen molar-refractivity contribution in [3.8, 4) is 16.8 Å². The number of fused-ring (bicyclic) bond motifs is 8. The number of nitrogens with zero attached hydrogens (tertiary/aromatic N) is 4. The fourth-order valence-electron chi connectivity index (χ4n) is 8.04. The molecule has 10 aromatic rings. The Hall–Kier alpha value is -7.57. The van der Waals surface area contributed by atoms with Gasteiger partial charge >= 0.3 is 0 Å². The van der Waals surface area contributed by atoms with Crippen LogP contribution in [-0.2, 0) is 0 Å². The summed E-state index contributed by atoms with van der Waals surface area (Å²) < 4.78 is 4.21. The number of amidine groups is 1. The molecule has 56 heavy (non-hydrogen) atoms. The van der Waals surface area contributed by atoms with E-state index in [1.807, 2.05) is 96.4 Å². The minimum Gasteiger partial charge on any atom is -0.320 e. The largest absolute Gasteiger partial charge is 0.320 e. The quantitative estimate of drug-likeness (QED) is 0.135. The zero-order valence-corrected chi connectivity index (χ0v) is 30.6. The molecular formula is C50H35N5O. The van der Waals surface area contributed by atoms with Gasteiger partial charge in [-0.25, -0.2) is 9.98 Å². The first-order valence-corrected chi connectivity index (χ1v) is 18.7. The van der Waals surface area contributed by atoms with Crippen LogP contribution in [0.15, 0.2) is 197 Å². The van der Waals surface area contributed by atoms with Crippen molar-refractivity contribution in [2.75, 3.05) is 0 Å². The fourth-order valence-corrected chi connectivity index (χ4v) is 8.04. The SMILES string of the molecule is C=C(/N=C(\N=C(C)c1ccccc1)c1ccccc1)n1c2ccc(-c3ccc4c(c3)c3ccccc3n4-c3ccccc3)cc2c2c3ccccc3[nH]c(=O)c21. The lowest BCUT2D eigenvalue weighted by Gasteiger charge is -2.10. The van der Waals surface area contributed by atoms with Crippen molar-refractivity contribution in [2.24, 2.45) is 9.98 Å². The van der Waals surface area contributed by atoms with Gasteiger partial charge in [0, 0.05) is 49.4 Å². The van der Waals surface area contributed by atoms with Gasteiger partial charge in [-0.05, 0) is 72.1 Å². The molecule has 0 fully saturated rings. The second kappa shape index (κ2) is 13.4. The molecule has 0 unspecified atom stereocenters. The maximum atomic E-state index is 14.2. The third-order valence-electron chi connectivity index (χ3n) is 10.6. The number of nitrogens with one attached hydrogen (secondary N) is 1. The highest BCUT2D eigenvalue weighted by atomic mass is 16.1. The van der Waals surface area contributed by atoms with Crippen molar-refractivity contribution in [1.29, 1.82) is 0 Å². The van der Waals surface area contributed by atoms with Gasteiger partial charge in [-0.3, -0.25) is 9.36 Å². The van der Waals surface area contributed by atoms with Crippen molar-refractivity contribution in [2.45, 2.75) is 6.92 Å². The topological polar surface area (TPSA) is 67.4 Å². The highest BCUT2D eigenvalue weighted by Gasteiger charge is 2.21. The second-order valence-corrected chi connectivity index (χ2v) is 14.0. The number of H-pyrrole nitrogens is 1. The Bertz CT molecular complexity index is 3280. The van der Waals surface area contributed by atoms with E-state index in [9.17, 15) is 4.79 Å². The molecule has 0 atom stereocenters. The smallest absolute Gasteiger partial charge is 0.273 e. The molecule has 0 aliphatic heterocycles. The lowest BCUT2D eigenvalue weighted by Crippen LogP contribution is -2.11. The number of hydrogen-bond acceptors (Lipinski definition) is 2. The van der Waals surface area contributed by atoms with Gasteiger partial charge in [0.15, 0.2) is 5.84 Å². The summed E-state index contributed by atoms with van der Waals surface area (Å²) in [4.78, 5) is 27.4. The number of aliphatic imine (C=N–C) groups is 2. The van der Waals surface area contributed by atoms with E-state index in [0.717, 1.165) is 71.9 Å². The molecule has 0 saturated carbocycles. The van der Waals surface area contributed by atoms with Crippen LogP contribution in [0.1, 0.15) is 18.1 Å². The first-order valence-electron chi connectivity index (χ1n) is 18.7. The van der Waals surface area contributed by atoms with Gasteiger partial charge in [0.1, 0.15) is 11.3 Å². The minimum atomic E-state index is -0.215. The molecule has 7 aromatic carbocycles. The van der Waals surface area contributed by atoms with E-state index in [2.05, 4.69) is 107 Å². The molecule has 266 valence electrons. The Morgan fingerprint density at radius 2 is 1.12 bits per heavy atom. The first kappa shape index (κ1) is 33.0. The van der Waals surface area contributed by atoms with Gasteiger partial charge in [-0.1, -0.05) is 134 Å². The van der Waals surface area contributed by atoms with E-state index >= 15 is 0 Å². The average Bonchev–Trinajstić information content (AvgIpc) is 3.78. The fraction of sp³-hybridized carbons (Fsp3) is 0.0200. The number of aromatic amines is 1. The molecule has 6 nitrogen and oxygen atoms in total. The highest BCUT2D eigenvalue weighted by Crippen LogP contribution is 2.39. The number of benzene rings is 7. The van der Waals surface area contributed by atoms with E-state index < -0.39 is 0 Å².